The van der Waals surface area contributed by atoms with E-state index >= 15 is 0 Å². The molecule has 1 N–H and O–H groups in total. The van der Waals surface area contributed by atoms with Gasteiger partial charge < -0.3 is 10.1 Å². The first-order valence-electron chi connectivity index (χ1n) is 5.28. The minimum Gasteiger partial charge on any atom is -0.482 e. The first kappa shape index (κ1) is 12.6. The second kappa shape index (κ2) is 4.93. The van der Waals surface area contributed by atoms with Gasteiger partial charge in [-0.2, -0.15) is 0 Å². The van der Waals surface area contributed by atoms with E-state index in [2.05, 4.69) is 21.2 Å². The van der Waals surface area contributed by atoms with Gasteiger partial charge in [0.2, 0.25) is 0 Å². The third kappa shape index (κ3) is 2.35. The van der Waals surface area contributed by atoms with Crippen LogP contribution in [0.1, 0.15) is 11.7 Å². The predicted molar refractivity (Wildman–Crippen MR) is 80.3 cm³/mol. The van der Waals surface area contributed by atoms with Crippen molar-refractivity contribution in [2.75, 3.05) is 11.9 Å². The molecule has 1 atom stereocenters. The maximum atomic E-state index is 6.15. The molecule has 1 aliphatic rings. The molecule has 0 fully saturated rings. The fourth-order valence-corrected chi connectivity index (χ4v) is 3.81. The van der Waals surface area contributed by atoms with Gasteiger partial charge in [0, 0.05) is 10.0 Å². The van der Waals surface area contributed by atoms with Gasteiger partial charge in [0.1, 0.15) is 16.2 Å². The summed E-state index contributed by atoms with van der Waals surface area (Å²) in [5, 5.41) is 3.34. The molecule has 0 bridgehead atoms. The highest BCUT2D eigenvalue weighted by Gasteiger charge is 2.24. The Morgan fingerprint density at radius 1 is 1.33 bits per heavy atom. The zero-order valence-electron chi connectivity index (χ0n) is 9.04. The molecule has 0 amide bonds. The van der Waals surface area contributed by atoms with E-state index in [1.54, 1.807) is 0 Å². The lowest BCUT2D eigenvalue weighted by atomic mass is 10.1. The van der Waals surface area contributed by atoms with Crippen molar-refractivity contribution in [3.05, 3.63) is 43.0 Å². The lowest BCUT2D eigenvalue weighted by molar-refractivity contribution is 0.211. The monoisotopic (exact) mass is 363 g/mol. The van der Waals surface area contributed by atoms with Gasteiger partial charge in [0.25, 0.3) is 0 Å². The molecule has 2 aromatic rings. The van der Waals surface area contributed by atoms with Crippen LogP contribution in [0.5, 0.6) is 5.75 Å². The van der Waals surface area contributed by atoms with Crippen molar-refractivity contribution in [1.82, 2.24) is 0 Å². The highest BCUT2D eigenvalue weighted by molar-refractivity contribution is 9.10. The van der Waals surface area contributed by atoms with Crippen molar-refractivity contribution in [2.45, 2.75) is 6.10 Å². The van der Waals surface area contributed by atoms with Crippen LogP contribution < -0.4 is 10.1 Å². The minimum absolute atomic E-state index is 0.102. The Morgan fingerprint density at radius 2 is 2.17 bits per heavy atom. The van der Waals surface area contributed by atoms with Gasteiger partial charge in [-0.25, -0.2) is 0 Å². The zero-order chi connectivity index (χ0) is 12.7. The lowest BCUT2D eigenvalue weighted by Gasteiger charge is -2.27. The van der Waals surface area contributed by atoms with E-state index in [0.717, 1.165) is 21.5 Å². The number of hydrogen-bond acceptors (Lipinski definition) is 3. The Bertz CT molecular complexity index is 602. The van der Waals surface area contributed by atoms with Gasteiger partial charge in [0.15, 0.2) is 0 Å². The number of rotatable bonds is 1. The van der Waals surface area contributed by atoms with E-state index in [4.69, 9.17) is 27.9 Å². The Labute approximate surface area is 127 Å². The summed E-state index contributed by atoms with van der Waals surface area (Å²) in [6, 6.07) is 7.74. The molecule has 6 heteroatoms. The summed E-state index contributed by atoms with van der Waals surface area (Å²) in [5.74, 6) is 0.827. The van der Waals surface area contributed by atoms with Gasteiger partial charge in [-0.15, -0.1) is 11.3 Å². The quantitative estimate of drug-likeness (QED) is 0.735. The molecule has 3 rings (SSSR count). The van der Waals surface area contributed by atoms with E-state index < -0.39 is 0 Å². The Kier molecular flexibility index (Phi) is 3.45. The third-order valence-corrected chi connectivity index (χ3v) is 4.73. The van der Waals surface area contributed by atoms with Gasteiger partial charge in [-0.3, -0.25) is 0 Å². The Balaban J connectivity index is 1.91. The summed E-state index contributed by atoms with van der Waals surface area (Å²) in [6.07, 6.45) is -0.102. The maximum absolute atomic E-state index is 6.15. The molecule has 0 saturated heterocycles. The molecule has 0 spiro atoms. The van der Waals surface area contributed by atoms with Crippen LogP contribution in [-0.2, 0) is 0 Å². The molecule has 1 unspecified atom stereocenters. The summed E-state index contributed by atoms with van der Waals surface area (Å²) < 4.78 is 8.34. The fourth-order valence-electron chi connectivity index (χ4n) is 1.89. The van der Waals surface area contributed by atoms with Crippen LogP contribution in [-0.4, -0.2) is 6.54 Å². The molecule has 0 aliphatic carbocycles. The number of ether oxygens (including phenoxy) is 1. The van der Waals surface area contributed by atoms with Gasteiger partial charge in [0.05, 0.1) is 16.6 Å². The minimum atomic E-state index is -0.102. The molecule has 94 valence electrons. The molecule has 1 aromatic heterocycles. The standard InChI is InChI=1S/C12H8BrCl2NOS/c13-6-1-2-9-8(3-6)16-5-10(17-9)7-4-11(14)18-12(7)15/h1-4,10,16H,5H2. The van der Waals surface area contributed by atoms with Crippen LogP contribution in [0.15, 0.2) is 28.7 Å². The van der Waals surface area contributed by atoms with E-state index in [0.29, 0.717) is 15.2 Å². The van der Waals surface area contributed by atoms with E-state index in [1.807, 2.05) is 24.3 Å². The third-order valence-electron chi connectivity index (χ3n) is 2.72. The predicted octanol–water partition coefficient (Wildman–Crippen LogP) is 5.36. The van der Waals surface area contributed by atoms with Gasteiger partial charge in [-0.05, 0) is 24.3 Å². The molecular weight excluding hydrogens is 357 g/mol. The Hall–Kier alpha value is -0.420. The molecule has 18 heavy (non-hydrogen) atoms. The van der Waals surface area contributed by atoms with Crippen LogP contribution in [0, 0.1) is 0 Å². The van der Waals surface area contributed by atoms with Crippen molar-refractivity contribution in [1.29, 1.82) is 0 Å². The number of anilines is 1. The average Bonchev–Trinajstić information content (AvgIpc) is 2.68. The maximum Gasteiger partial charge on any atom is 0.143 e. The van der Waals surface area contributed by atoms with Crippen molar-refractivity contribution >= 4 is 56.2 Å². The van der Waals surface area contributed by atoms with Gasteiger partial charge in [-0.1, -0.05) is 39.1 Å². The second-order valence-corrected chi connectivity index (χ2v) is 7.11. The first-order chi connectivity index (χ1) is 8.63. The lowest BCUT2D eigenvalue weighted by Crippen LogP contribution is -2.23. The van der Waals surface area contributed by atoms with Crippen LogP contribution in [0.4, 0.5) is 5.69 Å². The number of halogens is 3. The van der Waals surface area contributed by atoms with Crippen LogP contribution >= 0.6 is 50.5 Å². The number of fused-ring (bicyclic) bond motifs is 1. The highest BCUT2D eigenvalue weighted by Crippen LogP contribution is 2.41. The fraction of sp³-hybridized carbons (Fsp3) is 0.167. The van der Waals surface area contributed by atoms with Crippen molar-refractivity contribution < 1.29 is 4.74 Å². The summed E-state index contributed by atoms with van der Waals surface area (Å²) >= 11 is 16.9. The SMILES string of the molecule is Clc1cc(C2CNc3cc(Br)ccc3O2)c(Cl)s1. The first-order valence-corrected chi connectivity index (χ1v) is 7.65. The largest absolute Gasteiger partial charge is 0.482 e. The van der Waals surface area contributed by atoms with Crippen molar-refractivity contribution in [3.8, 4) is 5.75 Å². The van der Waals surface area contributed by atoms with Gasteiger partial charge >= 0.3 is 0 Å². The normalized spacial score (nSPS) is 17.8. The molecular formula is C12H8BrCl2NOS. The summed E-state index contributed by atoms with van der Waals surface area (Å²) in [4.78, 5) is 0. The van der Waals surface area contributed by atoms with E-state index in [1.165, 1.54) is 11.3 Å². The van der Waals surface area contributed by atoms with E-state index in [-0.39, 0.29) is 6.10 Å². The molecule has 2 nitrogen and oxygen atoms in total. The number of benzene rings is 1. The summed E-state index contributed by atoms with van der Waals surface area (Å²) in [7, 11) is 0. The summed E-state index contributed by atoms with van der Waals surface area (Å²) in [5.41, 5.74) is 1.92. The van der Waals surface area contributed by atoms with Crippen molar-refractivity contribution in [3.63, 3.8) is 0 Å². The molecule has 0 radical (unpaired) electrons. The smallest absolute Gasteiger partial charge is 0.143 e. The molecule has 1 aromatic carbocycles. The molecule has 0 saturated carbocycles. The van der Waals surface area contributed by atoms with Crippen LogP contribution in [0.25, 0.3) is 0 Å². The zero-order valence-corrected chi connectivity index (χ0v) is 13.0. The van der Waals surface area contributed by atoms with E-state index in [9.17, 15) is 0 Å². The van der Waals surface area contributed by atoms with Crippen LogP contribution in [0.2, 0.25) is 8.67 Å². The van der Waals surface area contributed by atoms with Crippen LogP contribution in [0.3, 0.4) is 0 Å². The number of hydrogen-bond donors (Lipinski definition) is 1. The van der Waals surface area contributed by atoms with Crippen molar-refractivity contribution in [2.24, 2.45) is 0 Å². The second-order valence-electron chi connectivity index (χ2n) is 3.91. The average molecular weight is 365 g/mol. The topological polar surface area (TPSA) is 21.3 Å². The summed E-state index contributed by atoms with van der Waals surface area (Å²) in [6.45, 7) is 0.677. The number of nitrogens with one attached hydrogen (secondary N) is 1. The molecule has 1 aliphatic heterocycles. The highest BCUT2D eigenvalue weighted by atomic mass is 79.9. The Morgan fingerprint density at radius 3 is 2.89 bits per heavy atom. The number of thiophene rings is 1. The molecule has 2 heterocycles.